The third-order valence-corrected chi connectivity index (χ3v) is 3.96. The minimum absolute atomic E-state index is 0.138. The molecular formula is C11H5Br2F4NO. The van der Waals surface area contributed by atoms with Gasteiger partial charge in [-0.1, -0.05) is 0 Å². The molecule has 0 spiro atoms. The lowest BCUT2D eigenvalue weighted by atomic mass is 10.2. The average Bonchev–Trinajstić information content (AvgIpc) is 2.66. The van der Waals surface area contributed by atoms with Gasteiger partial charge in [-0.2, -0.15) is 0 Å². The maximum atomic E-state index is 13.3. The SMILES string of the molecule is Fc1cc(F)c(F)c(NCc2cc(Br)c(Br)o2)c1F. The highest BCUT2D eigenvalue weighted by Crippen LogP contribution is 2.28. The first kappa shape index (κ1) is 14.4. The summed E-state index contributed by atoms with van der Waals surface area (Å²) in [6.07, 6.45) is 0. The molecule has 2 aromatic rings. The number of nitrogens with one attached hydrogen (secondary N) is 1. The largest absolute Gasteiger partial charge is 0.451 e. The van der Waals surface area contributed by atoms with E-state index in [1.54, 1.807) is 6.07 Å². The number of benzene rings is 1. The Kier molecular flexibility index (Phi) is 4.19. The van der Waals surface area contributed by atoms with E-state index in [2.05, 4.69) is 37.2 Å². The molecule has 0 bridgehead atoms. The van der Waals surface area contributed by atoms with Crippen LogP contribution < -0.4 is 5.32 Å². The summed E-state index contributed by atoms with van der Waals surface area (Å²) in [6.45, 7) is -0.138. The smallest absolute Gasteiger partial charge is 0.185 e. The molecule has 1 heterocycles. The molecule has 1 aromatic heterocycles. The number of hydrogen-bond acceptors (Lipinski definition) is 2. The summed E-state index contributed by atoms with van der Waals surface area (Å²) >= 11 is 6.24. The van der Waals surface area contributed by atoms with Gasteiger partial charge in [-0.3, -0.25) is 0 Å². The monoisotopic (exact) mass is 401 g/mol. The lowest BCUT2D eigenvalue weighted by Gasteiger charge is -2.08. The number of rotatable bonds is 3. The van der Waals surface area contributed by atoms with Gasteiger partial charge in [0.2, 0.25) is 0 Å². The second kappa shape index (κ2) is 5.54. The summed E-state index contributed by atoms with van der Waals surface area (Å²) < 4.78 is 58.7. The van der Waals surface area contributed by atoms with Crippen molar-refractivity contribution in [3.05, 3.63) is 50.3 Å². The Morgan fingerprint density at radius 3 is 2.05 bits per heavy atom. The first-order valence-corrected chi connectivity index (χ1v) is 6.49. The van der Waals surface area contributed by atoms with Gasteiger partial charge in [0.1, 0.15) is 11.4 Å². The van der Waals surface area contributed by atoms with Crippen LogP contribution in [-0.4, -0.2) is 0 Å². The topological polar surface area (TPSA) is 25.2 Å². The molecule has 1 aromatic carbocycles. The van der Waals surface area contributed by atoms with Crippen molar-refractivity contribution in [3.8, 4) is 0 Å². The maximum absolute atomic E-state index is 13.3. The molecular weight excluding hydrogens is 398 g/mol. The van der Waals surface area contributed by atoms with Crippen molar-refractivity contribution in [2.45, 2.75) is 6.54 Å². The summed E-state index contributed by atoms with van der Waals surface area (Å²) in [5, 5.41) is 2.25. The standard InChI is InChI=1S/C11H5Br2F4NO/c12-5-1-4(19-11(5)13)3-18-10-8(16)6(14)2-7(15)9(10)17/h1-2,18H,3H2. The first-order chi connectivity index (χ1) is 8.90. The molecule has 19 heavy (non-hydrogen) atoms. The molecule has 8 heteroatoms. The van der Waals surface area contributed by atoms with Crippen LogP contribution in [0.5, 0.6) is 0 Å². The summed E-state index contributed by atoms with van der Waals surface area (Å²) in [4.78, 5) is 0. The van der Waals surface area contributed by atoms with Crippen molar-refractivity contribution < 1.29 is 22.0 Å². The van der Waals surface area contributed by atoms with Gasteiger partial charge in [0.25, 0.3) is 0 Å². The molecule has 102 valence electrons. The Hall–Kier alpha value is -1.02. The Bertz CT molecular complexity index is 584. The number of furan rings is 1. The predicted molar refractivity (Wildman–Crippen MR) is 67.7 cm³/mol. The van der Waals surface area contributed by atoms with Gasteiger partial charge >= 0.3 is 0 Å². The zero-order chi connectivity index (χ0) is 14.2. The Labute approximate surface area is 122 Å². The van der Waals surface area contributed by atoms with E-state index >= 15 is 0 Å². The van der Waals surface area contributed by atoms with Crippen molar-refractivity contribution >= 4 is 37.5 Å². The van der Waals surface area contributed by atoms with Crippen molar-refractivity contribution in [1.82, 2.24) is 0 Å². The number of anilines is 1. The molecule has 0 fully saturated rings. The molecule has 1 N–H and O–H groups in total. The Morgan fingerprint density at radius 2 is 1.58 bits per heavy atom. The molecule has 0 unspecified atom stereocenters. The van der Waals surface area contributed by atoms with E-state index in [0.717, 1.165) is 0 Å². The molecule has 0 aliphatic heterocycles. The fraction of sp³-hybridized carbons (Fsp3) is 0.0909. The molecule has 0 saturated carbocycles. The summed E-state index contributed by atoms with van der Waals surface area (Å²) in [7, 11) is 0. The van der Waals surface area contributed by atoms with Gasteiger partial charge in [-0.25, -0.2) is 17.6 Å². The van der Waals surface area contributed by atoms with Crippen LogP contribution in [0.2, 0.25) is 0 Å². The summed E-state index contributed by atoms with van der Waals surface area (Å²) in [5.41, 5.74) is -0.874. The van der Waals surface area contributed by atoms with Crippen LogP contribution in [0.1, 0.15) is 5.76 Å². The lowest BCUT2D eigenvalue weighted by Crippen LogP contribution is -2.06. The van der Waals surface area contributed by atoms with Crippen molar-refractivity contribution in [2.75, 3.05) is 5.32 Å². The van der Waals surface area contributed by atoms with Gasteiger partial charge in [0.15, 0.2) is 27.9 Å². The molecule has 2 nitrogen and oxygen atoms in total. The molecule has 2 rings (SSSR count). The fourth-order valence-corrected chi connectivity index (χ4v) is 2.04. The highest BCUT2D eigenvalue weighted by molar-refractivity contribution is 9.13. The fourth-order valence-electron chi connectivity index (χ4n) is 1.38. The van der Waals surface area contributed by atoms with E-state index in [9.17, 15) is 17.6 Å². The van der Waals surface area contributed by atoms with Gasteiger partial charge in [0, 0.05) is 6.07 Å². The summed E-state index contributed by atoms with van der Waals surface area (Å²) in [6, 6.07) is 1.69. The quantitative estimate of drug-likeness (QED) is 0.579. The van der Waals surface area contributed by atoms with Gasteiger partial charge < -0.3 is 9.73 Å². The van der Waals surface area contributed by atoms with Crippen LogP contribution in [0.25, 0.3) is 0 Å². The van der Waals surface area contributed by atoms with Crippen LogP contribution in [0, 0.1) is 23.3 Å². The zero-order valence-corrected chi connectivity index (χ0v) is 12.2. The third-order valence-electron chi connectivity index (χ3n) is 2.25. The predicted octanol–water partition coefficient (Wildman–Crippen LogP) is 4.97. The highest BCUT2D eigenvalue weighted by Gasteiger charge is 2.19. The van der Waals surface area contributed by atoms with Crippen LogP contribution >= 0.6 is 31.9 Å². The first-order valence-electron chi connectivity index (χ1n) is 4.90. The minimum atomic E-state index is -1.48. The lowest BCUT2D eigenvalue weighted by molar-refractivity contribution is 0.455. The molecule has 0 aliphatic carbocycles. The van der Waals surface area contributed by atoms with E-state index in [1.165, 1.54) is 0 Å². The Morgan fingerprint density at radius 1 is 1.00 bits per heavy atom. The Balaban J connectivity index is 2.24. The van der Waals surface area contributed by atoms with E-state index < -0.39 is 29.0 Å². The van der Waals surface area contributed by atoms with Gasteiger partial charge in [-0.15, -0.1) is 0 Å². The highest BCUT2D eigenvalue weighted by atomic mass is 79.9. The maximum Gasteiger partial charge on any atom is 0.185 e. The van der Waals surface area contributed by atoms with Crippen LogP contribution in [-0.2, 0) is 6.54 Å². The number of halogens is 6. The van der Waals surface area contributed by atoms with E-state index in [1.807, 2.05) is 0 Å². The molecule has 0 radical (unpaired) electrons. The second-order valence-corrected chi connectivity index (χ2v) is 5.11. The average molecular weight is 403 g/mol. The van der Waals surface area contributed by atoms with Crippen molar-refractivity contribution in [2.24, 2.45) is 0 Å². The number of hydrogen-bond donors (Lipinski definition) is 1. The zero-order valence-electron chi connectivity index (χ0n) is 9.04. The van der Waals surface area contributed by atoms with Crippen LogP contribution in [0.3, 0.4) is 0 Å². The summed E-state index contributed by atoms with van der Waals surface area (Å²) in [5.74, 6) is -5.58. The van der Waals surface area contributed by atoms with Gasteiger partial charge in [0.05, 0.1) is 11.0 Å². The van der Waals surface area contributed by atoms with Crippen LogP contribution in [0.4, 0.5) is 23.2 Å². The molecule has 0 aliphatic rings. The van der Waals surface area contributed by atoms with E-state index in [-0.39, 0.29) is 12.6 Å². The van der Waals surface area contributed by atoms with E-state index in [0.29, 0.717) is 14.9 Å². The van der Waals surface area contributed by atoms with Crippen LogP contribution in [0.15, 0.2) is 25.7 Å². The van der Waals surface area contributed by atoms with E-state index in [4.69, 9.17) is 4.42 Å². The third kappa shape index (κ3) is 2.94. The molecule has 0 saturated heterocycles. The second-order valence-electron chi connectivity index (χ2n) is 3.53. The van der Waals surface area contributed by atoms with Crippen molar-refractivity contribution in [1.29, 1.82) is 0 Å². The molecule has 0 amide bonds. The van der Waals surface area contributed by atoms with Gasteiger partial charge in [-0.05, 0) is 37.9 Å². The molecule has 0 atom stereocenters. The minimum Gasteiger partial charge on any atom is -0.451 e. The normalized spacial score (nSPS) is 10.8. The van der Waals surface area contributed by atoms with Crippen molar-refractivity contribution in [3.63, 3.8) is 0 Å².